The van der Waals surface area contributed by atoms with E-state index >= 15 is 0 Å². The molecule has 0 aliphatic carbocycles. The molecule has 0 saturated heterocycles. The first-order valence-electron chi connectivity index (χ1n) is 6.47. The second-order valence-electron chi connectivity index (χ2n) is 4.19. The molecular formula is C14H15F2NO5. The van der Waals surface area contributed by atoms with E-state index in [1.54, 1.807) is 6.92 Å². The molecule has 0 unspecified atom stereocenters. The molecule has 0 aliphatic heterocycles. The summed E-state index contributed by atoms with van der Waals surface area (Å²) >= 11 is 0. The van der Waals surface area contributed by atoms with Crippen LogP contribution in [0.1, 0.15) is 30.1 Å². The minimum absolute atomic E-state index is 0.0786. The summed E-state index contributed by atoms with van der Waals surface area (Å²) in [5.74, 6) is -2.15. The third kappa shape index (κ3) is 6.29. The van der Waals surface area contributed by atoms with Gasteiger partial charge in [0.2, 0.25) is 0 Å². The fourth-order valence-electron chi connectivity index (χ4n) is 1.44. The zero-order chi connectivity index (χ0) is 16.5. The van der Waals surface area contributed by atoms with Crippen molar-refractivity contribution in [3.8, 4) is 5.75 Å². The molecule has 1 N–H and O–H groups in total. The summed E-state index contributed by atoms with van der Waals surface area (Å²) < 4.78 is 32.7. The number of ether oxygens (including phenoxy) is 2. The van der Waals surface area contributed by atoms with Gasteiger partial charge in [-0.05, 0) is 30.7 Å². The van der Waals surface area contributed by atoms with Crippen LogP contribution in [0.5, 0.6) is 5.75 Å². The van der Waals surface area contributed by atoms with Crippen LogP contribution in [0, 0.1) is 0 Å². The molecule has 1 aromatic carbocycles. The zero-order valence-corrected chi connectivity index (χ0v) is 11.8. The number of alkyl halides is 2. The number of benzene rings is 1. The third-order valence-electron chi connectivity index (χ3n) is 2.41. The summed E-state index contributed by atoms with van der Waals surface area (Å²) in [7, 11) is 0. The van der Waals surface area contributed by atoms with Gasteiger partial charge in [0.15, 0.2) is 6.61 Å². The van der Waals surface area contributed by atoms with Crippen molar-refractivity contribution < 1.29 is 32.6 Å². The van der Waals surface area contributed by atoms with Crippen molar-refractivity contribution in [3.63, 3.8) is 0 Å². The maximum atomic E-state index is 12.0. The average molecular weight is 315 g/mol. The van der Waals surface area contributed by atoms with Crippen molar-refractivity contribution in [3.05, 3.63) is 29.8 Å². The SMILES string of the molecule is CCCC(=O)OCC(=O)NC(=O)c1ccc(OC(F)F)cc1. The van der Waals surface area contributed by atoms with Gasteiger partial charge < -0.3 is 9.47 Å². The first-order chi connectivity index (χ1) is 10.4. The lowest BCUT2D eigenvalue weighted by Crippen LogP contribution is -2.34. The predicted octanol–water partition coefficient (Wildman–Crippen LogP) is 1.89. The molecule has 0 heterocycles. The molecule has 8 heteroatoms. The molecule has 6 nitrogen and oxygen atoms in total. The summed E-state index contributed by atoms with van der Waals surface area (Å²) in [6.07, 6.45) is 0.777. The first kappa shape index (κ1) is 17.5. The van der Waals surface area contributed by atoms with Crippen LogP contribution in [-0.2, 0) is 14.3 Å². The van der Waals surface area contributed by atoms with Crippen LogP contribution in [0.25, 0.3) is 0 Å². The van der Waals surface area contributed by atoms with Gasteiger partial charge in [0, 0.05) is 12.0 Å². The molecular weight excluding hydrogens is 300 g/mol. The van der Waals surface area contributed by atoms with Gasteiger partial charge in [-0.25, -0.2) is 0 Å². The normalized spacial score (nSPS) is 10.2. The molecule has 1 aromatic rings. The van der Waals surface area contributed by atoms with Crippen LogP contribution >= 0.6 is 0 Å². The minimum atomic E-state index is -2.96. The summed E-state index contributed by atoms with van der Waals surface area (Å²) in [6.45, 7) is -1.73. The number of amides is 2. The summed E-state index contributed by atoms with van der Waals surface area (Å²) in [4.78, 5) is 34.2. The number of imide groups is 1. The Morgan fingerprint density at radius 2 is 1.82 bits per heavy atom. The lowest BCUT2D eigenvalue weighted by molar-refractivity contribution is -0.148. The molecule has 0 bridgehead atoms. The van der Waals surface area contributed by atoms with E-state index in [9.17, 15) is 23.2 Å². The Labute approximate surface area is 125 Å². The van der Waals surface area contributed by atoms with Crippen molar-refractivity contribution in [2.24, 2.45) is 0 Å². The highest BCUT2D eigenvalue weighted by Crippen LogP contribution is 2.14. The van der Waals surface area contributed by atoms with Crippen molar-refractivity contribution in [2.45, 2.75) is 26.4 Å². The fourth-order valence-corrected chi connectivity index (χ4v) is 1.44. The van der Waals surface area contributed by atoms with Crippen molar-refractivity contribution in [2.75, 3.05) is 6.61 Å². The van der Waals surface area contributed by atoms with E-state index in [0.29, 0.717) is 6.42 Å². The van der Waals surface area contributed by atoms with E-state index < -0.39 is 31.0 Å². The lowest BCUT2D eigenvalue weighted by Gasteiger charge is -2.07. The van der Waals surface area contributed by atoms with Gasteiger partial charge in [-0.15, -0.1) is 0 Å². The second-order valence-corrected chi connectivity index (χ2v) is 4.19. The summed E-state index contributed by atoms with van der Waals surface area (Å²) in [5, 5.41) is 2.01. The molecule has 0 radical (unpaired) electrons. The largest absolute Gasteiger partial charge is 0.456 e. The predicted molar refractivity (Wildman–Crippen MR) is 71.4 cm³/mol. The Morgan fingerprint density at radius 1 is 1.18 bits per heavy atom. The number of nitrogens with one attached hydrogen (secondary N) is 1. The van der Waals surface area contributed by atoms with Crippen LogP contribution in [0.15, 0.2) is 24.3 Å². The van der Waals surface area contributed by atoms with Gasteiger partial charge in [-0.3, -0.25) is 19.7 Å². The van der Waals surface area contributed by atoms with E-state index in [1.807, 2.05) is 5.32 Å². The Morgan fingerprint density at radius 3 is 2.36 bits per heavy atom. The highest BCUT2D eigenvalue weighted by molar-refractivity contribution is 6.05. The monoisotopic (exact) mass is 315 g/mol. The molecule has 120 valence electrons. The van der Waals surface area contributed by atoms with Crippen LogP contribution in [0.3, 0.4) is 0 Å². The molecule has 0 fully saturated rings. The standard InChI is InChI=1S/C14H15F2NO5/c1-2-3-12(19)21-8-11(18)17-13(20)9-4-6-10(7-5-9)22-14(15)16/h4-7,14H,2-3,8H2,1H3,(H,17,18,20). The maximum absolute atomic E-state index is 12.0. The molecule has 0 aliphatic rings. The van der Waals surface area contributed by atoms with Gasteiger partial charge in [0.25, 0.3) is 11.8 Å². The topological polar surface area (TPSA) is 81.7 Å². The second kappa shape index (κ2) is 8.71. The smallest absolute Gasteiger partial charge is 0.387 e. The van der Waals surface area contributed by atoms with Crippen molar-refractivity contribution >= 4 is 17.8 Å². The fraction of sp³-hybridized carbons (Fsp3) is 0.357. The molecule has 0 aromatic heterocycles. The van der Waals surface area contributed by atoms with E-state index in [2.05, 4.69) is 9.47 Å². The van der Waals surface area contributed by atoms with Crippen molar-refractivity contribution in [1.82, 2.24) is 5.32 Å². The van der Waals surface area contributed by atoms with Gasteiger partial charge in [0.05, 0.1) is 0 Å². The first-order valence-corrected chi connectivity index (χ1v) is 6.47. The van der Waals surface area contributed by atoms with Gasteiger partial charge in [-0.1, -0.05) is 6.92 Å². The number of hydrogen-bond acceptors (Lipinski definition) is 5. The molecule has 0 spiro atoms. The van der Waals surface area contributed by atoms with Crippen LogP contribution in [0.4, 0.5) is 8.78 Å². The molecule has 1 rings (SSSR count). The number of carbonyl (C=O) groups is 3. The van der Waals surface area contributed by atoms with Gasteiger partial charge >= 0.3 is 12.6 Å². The molecule has 0 atom stereocenters. The highest BCUT2D eigenvalue weighted by atomic mass is 19.3. The molecule has 22 heavy (non-hydrogen) atoms. The Hall–Kier alpha value is -2.51. The minimum Gasteiger partial charge on any atom is -0.456 e. The number of halogens is 2. The maximum Gasteiger partial charge on any atom is 0.387 e. The van der Waals surface area contributed by atoms with Crippen LogP contribution in [0.2, 0.25) is 0 Å². The zero-order valence-electron chi connectivity index (χ0n) is 11.8. The highest BCUT2D eigenvalue weighted by Gasteiger charge is 2.13. The van der Waals surface area contributed by atoms with Gasteiger partial charge in [0.1, 0.15) is 5.75 Å². The number of hydrogen-bond donors (Lipinski definition) is 1. The summed E-state index contributed by atoms with van der Waals surface area (Å²) in [6, 6.07) is 4.80. The van der Waals surface area contributed by atoms with Crippen molar-refractivity contribution in [1.29, 1.82) is 0 Å². The molecule has 0 saturated carbocycles. The van der Waals surface area contributed by atoms with Crippen LogP contribution in [-0.4, -0.2) is 31.0 Å². The molecule has 2 amide bonds. The van der Waals surface area contributed by atoms with E-state index in [0.717, 1.165) is 0 Å². The summed E-state index contributed by atoms with van der Waals surface area (Å²) in [5.41, 5.74) is 0.0786. The quantitative estimate of drug-likeness (QED) is 0.777. The van der Waals surface area contributed by atoms with Gasteiger partial charge in [-0.2, -0.15) is 8.78 Å². The Kier molecular flexibility index (Phi) is 6.94. The van der Waals surface area contributed by atoms with E-state index in [1.165, 1.54) is 24.3 Å². The third-order valence-corrected chi connectivity index (χ3v) is 2.41. The Balaban J connectivity index is 2.47. The number of carbonyl (C=O) groups excluding carboxylic acids is 3. The number of esters is 1. The van der Waals surface area contributed by atoms with E-state index in [4.69, 9.17) is 0 Å². The van der Waals surface area contributed by atoms with E-state index in [-0.39, 0.29) is 17.7 Å². The van der Waals surface area contributed by atoms with Crippen LogP contribution < -0.4 is 10.1 Å². The lowest BCUT2D eigenvalue weighted by atomic mass is 10.2. The Bertz CT molecular complexity index is 531. The average Bonchev–Trinajstić information content (AvgIpc) is 2.45. The number of rotatable bonds is 7.